The average Bonchev–Trinajstić information content (AvgIpc) is 2.26. The summed E-state index contributed by atoms with van der Waals surface area (Å²) in [5.41, 5.74) is -0.382. The summed E-state index contributed by atoms with van der Waals surface area (Å²) in [4.78, 5) is 18.0. The number of rotatable bonds is 3. The Hall–Kier alpha value is -2.05. The van der Waals surface area contributed by atoms with Crippen LogP contribution >= 0.6 is 0 Å². The van der Waals surface area contributed by atoms with Crippen LogP contribution in [0.4, 0.5) is 18.9 Å². The number of aromatic amines is 1. The van der Waals surface area contributed by atoms with Crippen LogP contribution in [0.15, 0.2) is 16.9 Å². The van der Waals surface area contributed by atoms with Gasteiger partial charge in [0.05, 0.1) is 23.1 Å². The number of benzene rings is 1. The molecule has 1 aromatic carbocycles. The van der Waals surface area contributed by atoms with E-state index in [9.17, 15) is 18.0 Å². The summed E-state index contributed by atoms with van der Waals surface area (Å²) in [5, 5.41) is 2.39. The Labute approximate surface area is 99.9 Å². The lowest BCUT2D eigenvalue weighted by molar-refractivity contribution is 0.163. The second-order valence-corrected chi connectivity index (χ2v) is 3.77. The van der Waals surface area contributed by atoms with Crippen molar-refractivity contribution in [2.24, 2.45) is 0 Å². The van der Waals surface area contributed by atoms with Gasteiger partial charge in [-0.05, 0) is 13.0 Å². The van der Waals surface area contributed by atoms with Crippen molar-refractivity contribution >= 4 is 16.6 Å². The highest BCUT2D eigenvalue weighted by molar-refractivity contribution is 5.81. The zero-order valence-electron chi connectivity index (χ0n) is 9.43. The van der Waals surface area contributed by atoms with Gasteiger partial charge in [0.15, 0.2) is 0 Å². The van der Waals surface area contributed by atoms with Crippen LogP contribution in [0.2, 0.25) is 0 Å². The number of aromatic nitrogens is 2. The number of halogens is 3. The van der Waals surface area contributed by atoms with Gasteiger partial charge in [-0.15, -0.1) is 0 Å². The normalized spacial score (nSPS) is 11.2. The molecule has 0 spiro atoms. The van der Waals surface area contributed by atoms with Crippen LogP contribution in [0.5, 0.6) is 0 Å². The van der Waals surface area contributed by atoms with E-state index < -0.39 is 24.3 Å². The van der Waals surface area contributed by atoms with Gasteiger partial charge in [0.1, 0.15) is 11.6 Å². The molecule has 0 aliphatic carbocycles. The first-order valence-corrected chi connectivity index (χ1v) is 5.19. The van der Waals surface area contributed by atoms with Gasteiger partial charge in [0.2, 0.25) is 0 Å². The number of hydrogen-bond acceptors (Lipinski definition) is 3. The molecule has 2 rings (SSSR count). The van der Waals surface area contributed by atoms with Crippen molar-refractivity contribution in [3.8, 4) is 0 Å². The zero-order chi connectivity index (χ0) is 13.3. The molecule has 0 aliphatic heterocycles. The predicted molar refractivity (Wildman–Crippen MR) is 61.6 cm³/mol. The third-order valence-electron chi connectivity index (χ3n) is 2.36. The molecule has 0 unspecified atom stereocenters. The molecule has 0 aliphatic rings. The molecule has 2 aromatic rings. The Bertz CT molecular complexity index is 639. The molecule has 4 nitrogen and oxygen atoms in total. The molecule has 7 heteroatoms. The first kappa shape index (κ1) is 12.4. The van der Waals surface area contributed by atoms with E-state index in [1.165, 1.54) is 6.07 Å². The third-order valence-corrected chi connectivity index (χ3v) is 2.36. The van der Waals surface area contributed by atoms with E-state index in [1.807, 2.05) is 0 Å². The van der Waals surface area contributed by atoms with E-state index >= 15 is 0 Å². The minimum Gasteiger partial charge on any atom is -0.377 e. The fourth-order valence-electron chi connectivity index (χ4n) is 1.60. The largest absolute Gasteiger partial charge is 0.377 e. The molecular formula is C11H10F3N3O. The van der Waals surface area contributed by atoms with Crippen LogP contribution in [0.25, 0.3) is 10.9 Å². The summed E-state index contributed by atoms with van der Waals surface area (Å²) in [7, 11) is 0. The highest BCUT2D eigenvalue weighted by atomic mass is 19.3. The van der Waals surface area contributed by atoms with E-state index in [2.05, 4.69) is 15.3 Å². The number of H-pyrrole nitrogens is 1. The molecule has 0 atom stereocenters. The van der Waals surface area contributed by atoms with E-state index in [-0.39, 0.29) is 16.6 Å². The molecule has 0 saturated heterocycles. The van der Waals surface area contributed by atoms with Crippen LogP contribution in [0, 0.1) is 12.7 Å². The van der Waals surface area contributed by atoms with Crippen molar-refractivity contribution < 1.29 is 13.2 Å². The van der Waals surface area contributed by atoms with Crippen molar-refractivity contribution in [3.05, 3.63) is 34.1 Å². The Kier molecular flexibility index (Phi) is 3.22. The standard InChI is InChI=1S/C11H10F3N3O/c1-5-16-8-3-7(12)9(15-4-10(13)14)2-6(8)11(18)17-5/h2-3,10,15H,4H2,1H3,(H,16,17,18). The van der Waals surface area contributed by atoms with Crippen LogP contribution in [-0.4, -0.2) is 22.9 Å². The van der Waals surface area contributed by atoms with E-state index in [1.54, 1.807) is 6.92 Å². The maximum atomic E-state index is 13.6. The summed E-state index contributed by atoms with van der Waals surface area (Å²) < 4.78 is 37.6. The Morgan fingerprint density at radius 2 is 2.17 bits per heavy atom. The van der Waals surface area contributed by atoms with Crippen LogP contribution < -0.4 is 10.9 Å². The van der Waals surface area contributed by atoms with Gasteiger partial charge in [0.25, 0.3) is 12.0 Å². The lowest BCUT2D eigenvalue weighted by Crippen LogP contribution is -2.14. The predicted octanol–water partition coefficient (Wildman–Crippen LogP) is 2.05. The van der Waals surface area contributed by atoms with Gasteiger partial charge in [-0.25, -0.2) is 18.2 Å². The Morgan fingerprint density at radius 3 is 2.83 bits per heavy atom. The number of aryl methyl sites for hydroxylation is 1. The molecule has 0 bridgehead atoms. The quantitative estimate of drug-likeness (QED) is 0.884. The SMILES string of the molecule is Cc1nc2cc(F)c(NCC(F)F)cc2c(=O)[nH]1. The van der Waals surface area contributed by atoms with E-state index in [0.717, 1.165) is 6.07 Å². The number of nitrogens with one attached hydrogen (secondary N) is 2. The molecule has 0 amide bonds. The van der Waals surface area contributed by atoms with Crippen molar-refractivity contribution in [3.63, 3.8) is 0 Å². The third kappa shape index (κ3) is 2.44. The first-order valence-electron chi connectivity index (χ1n) is 5.19. The smallest absolute Gasteiger partial charge is 0.258 e. The van der Waals surface area contributed by atoms with Gasteiger partial charge < -0.3 is 10.3 Å². The van der Waals surface area contributed by atoms with Gasteiger partial charge in [-0.2, -0.15) is 0 Å². The summed E-state index contributed by atoms with van der Waals surface area (Å²) in [6.07, 6.45) is -2.60. The number of nitrogens with zero attached hydrogens (tertiary/aromatic N) is 1. The second-order valence-electron chi connectivity index (χ2n) is 3.77. The molecule has 18 heavy (non-hydrogen) atoms. The van der Waals surface area contributed by atoms with Gasteiger partial charge in [0, 0.05) is 6.07 Å². The Morgan fingerprint density at radius 1 is 1.44 bits per heavy atom. The average molecular weight is 257 g/mol. The van der Waals surface area contributed by atoms with Crippen molar-refractivity contribution in [2.45, 2.75) is 13.3 Å². The summed E-state index contributed by atoms with van der Waals surface area (Å²) in [6.45, 7) is 0.890. The molecule has 0 fully saturated rings. The minimum absolute atomic E-state index is 0.140. The fourth-order valence-corrected chi connectivity index (χ4v) is 1.60. The van der Waals surface area contributed by atoms with Gasteiger partial charge in [-0.1, -0.05) is 0 Å². The number of fused-ring (bicyclic) bond motifs is 1. The summed E-state index contributed by atoms with van der Waals surface area (Å²) in [5.74, 6) is -0.360. The zero-order valence-corrected chi connectivity index (χ0v) is 9.43. The van der Waals surface area contributed by atoms with Crippen molar-refractivity contribution in [1.82, 2.24) is 9.97 Å². The molecule has 0 radical (unpaired) electrons. The van der Waals surface area contributed by atoms with Crippen molar-refractivity contribution in [2.75, 3.05) is 11.9 Å². The first-order chi connectivity index (χ1) is 8.47. The van der Waals surface area contributed by atoms with Gasteiger partial charge >= 0.3 is 0 Å². The highest BCUT2D eigenvalue weighted by Gasteiger charge is 2.10. The van der Waals surface area contributed by atoms with Crippen LogP contribution in [0.3, 0.4) is 0 Å². The van der Waals surface area contributed by atoms with Crippen LogP contribution in [-0.2, 0) is 0 Å². The monoisotopic (exact) mass is 257 g/mol. The maximum absolute atomic E-state index is 13.6. The van der Waals surface area contributed by atoms with E-state index in [0.29, 0.717) is 5.82 Å². The maximum Gasteiger partial charge on any atom is 0.258 e. The Balaban J connectivity index is 2.51. The second kappa shape index (κ2) is 4.67. The molecular weight excluding hydrogens is 247 g/mol. The van der Waals surface area contributed by atoms with Gasteiger partial charge in [-0.3, -0.25) is 4.79 Å². The van der Waals surface area contributed by atoms with Crippen LogP contribution in [0.1, 0.15) is 5.82 Å². The lowest BCUT2D eigenvalue weighted by Gasteiger charge is -2.08. The highest BCUT2D eigenvalue weighted by Crippen LogP contribution is 2.19. The lowest BCUT2D eigenvalue weighted by atomic mass is 10.2. The number of anilines is 1. The number of alkyl halides is 2. The van der Waals surface area contributed by atoms with Crippen molar-refractivity contribution in [1.29, 1.82) is 0 Å². The summed E-state index contributed by atoms with van der Waals surface area (Å²) in [6, 6.07) is 2.23. The fraction of sp³-hybridized carbons (Fsp3) is 0.273. The molecule has 96 valence electrons. The summed E-state index contributed by atoms with van der Waals surface area (Å²) >= 11 is 0. The minimum atomic E-state index is -2.60. The number of hydrogen-bond donors (Lipinski definition) is 2. The molecule has 1 heterocycles. The van der Waals surface area contributed by atoms with E-state index in [4.69, 9.17) is 0 Å². The topological polar surface area (TPSA) is 57.8 Å². The molecule has 2 N–H and O–H groups in total. The molecule has 0 saturated carbocycles. The molecule has 1 aromatic heterocycles.